The fraction of sp³-hybridized carbons (Fsp3) is 0.500. The highest BCUT2D eigenvalue weighted by molar-refractivity contribution is 9.10. The molecule has 1 aliphatic rings. The lowest BCUT2D eigenvalue weighted by Gasteiger charge is -2.18. The van der Waals surface area contributed by atoms with Crippen molar-refractivity contribution < 1.29 is 31.2 Å². The predicted octanol–water partition coefficient (Wildman–Crippen LogP) is 0.550. The molecule has 11 heteroatoms. The highest BCUT2D eigenvalue weighted by Crippen LogP contribution is 2.29. The van der Waals surface area contributed by atoms with Gasteiger partial charge in [-0.25, -0.2) is 21.6 Å². The molecular formula is C10H12BrNO7S2. The van der Waals surface area contributed by atoms with E-state index in [1.807, 2.05) is 0 Å². The van der Waals surface area contributed by atoms with Crippen LogP contribution in [0.3, 0.4) is 0 Å². The van der Waals surface area contributed by atoms with Crippen LogP contribution in [0.1, 0.15) is 17.0 Å². The highest BCUT2D eigenvalue weighted by Gasteiger charge is 2.33. The highest BCUT2D eigenvalue weighted by atomic mass is 79.9. The molecule has 21 heavy (non-hydrogen) atoms. The lowest BCUT2D eigenvalue weighted by atomic mass is 10.5. The number of furan rings is 1. The minimum Gasteiger partial charge on any atom is -0.475 e. The van der Waals surface area contributed by atoms with Crippen LogP contribution in [0, 0.1) is 0 Å². The monoisotopic (exact) mass is 401 g/mol. The predicted molar refractivity (Wildman–Crippen MR) is 75.4 cm³/mol. The van der Waals surface area contributed by atoms with E-state index in [0.29, 0.717) is 0 Å². The average Bonchev–Trinajstić information content (AvgIpc) is 2.66. The lowest BCUT2D eigenvalue weighted by molar-refractivity contribution is 0.0661. The van der Waals surface area contributed by atoms with Crippen molar-refractivity contribution in [2.24, 2.45) is 0 Å². The van der Waals surface area contributed by atoms with Crippen LogP contribution in [0.2, 0.25) is 0 Å². The molecule has 8 nitrogen and oxygen atoms in total. The Hall–Kier alpha value is -0.910. The van der Waals surface area contributed by atoms with Crippen molar-refractivity contribution in [3.8, 4) is 0 Å². The largest absolute Gasteiger partial charge is 0.475 e. The molecule has 0 radical (unpaired) electrons. The van der Waals surface area contributed by atoms with E-state index in [9.17, 15) is 21.6 Å². The second-order valence-corrected chi connectivity index (χ2v) is 9.39. The maximum atomic E-state index is 12.5. The lowest BCUT2D eigenvalue weighted by Crippen LogP contribution is -2.33. The van der Waals surface area contributed by atoms with Gasteiger partial charge >= 0.3 is 5.97 Å². The number of nitrogens with zero attached hydrogens (tertiary/aromatic N) is 1. The number of sulfonamides is 1. The molecule has 118 valence electrons. The number of hydrogen-bond acceptors (Lipinski definition) is 6. The molecule has 2 heterocycles. The maximum absolute atomic E-state index is 12.5. The normalized spacial score (nSPS) is 20.0. The van der Waals surface area contributed by atoms with Crippen molar-refractivity contribution in [1.29, 1.82) is 0 Å². The molecule has 1 aliphatic heterocycles. The summed E-state index contributed by atoms with van der Waals surface area (Å²) in [6.45, 7) is -0.105. The second-order valence-electron chi connectivity index (χ2n) is 4.46. The van der Waals surface area contributed by atoms with Gasteiger partial charge in [0, 0.05) is 19.2 Å². The van der Waals surface area contributed by atoms with Gasteiger partial charge in [0.25, 0.3) is 0 Å². The van der Waals surface area contributed by atoms with E-state index in [1.165, 1.54) is 0 Å². The van der Waals surface area contributed by atoms with Gasteiger partial charge in [0.15, 0.2) is 14.5 Å². The molecule has 1 aromatic rings. The molecule has 0 saturated carbocycles. The third-order valence-electron chi connectivity index (χ3n) is 3.00. The third kappa shape index (κ3) is 3.47. The molecule has 0 amide bonds. The first-order valence-electron chi connectivity index (χ1n) is 5.87. The van der Waals surface area contributed by atoms with E-state index in [4.69, 9.17) is 9.52 Å². The molecule has 0 spiro atoms. The summed E-state index contributed by atoms with van der Waals surface area (Å²) < 4.78 is 53.6. The first-order chi connectivity index (χ1) is 9.63. The van der Waals surface area contributed by atoms with Crippen LogP contribution in [0.15, 0.2) is 20.0 Å². The van der Waals surface area contributed by atoms with Crippen LogP contribution in [0.25, 0.3) is 0 Å². The minimum absolute atomic E-state index is 0.0571. The molecule has 0 aliphatic carbocycles. The summed E-state index contributed by atoms with van der Waals surface area (Å²) in [5.41, 5.74) is 0. The Kier molecular flexibility index (Phi) is 4.47. The number of aromatic carboxylic acids is 1. The van der Waals surface area contributed by atoms with Crippen LogP contribution in [-0.2, 0) is 19.9 Å². The summed E-state index contributed by atoms with van der Waals surface area (Å²) in [6, 6.07) is 0.904. The van der Waals surface area contributed by atoms with E-state index in [2.05, 4.69) is 15.9 Å². The van der Waals surface area contributed by atoms with Gasteiger partial charge in [-0.2, -0.15) is 4.31 Å². The van der Waals surface area contributed by atoms with Gasteiger partial charge in [0.1, 0.15) is 4.90 Å². The van der Waals surface area contributed by atoms with E-state index in [-0.39, 0.29) is 40.6 Å². The molecule has 1 saturated heterocycles. The molecule has 0 bridgehead atoms. The second kappa shape index (κ2) is 5.71. The van der Waals surface area contributed by atoms with Gasteiger partial charge in [0.05, 0.1) is 11.5 Å². The maximum Gasteiger partial charge on any atom is 0.371 e. The van der Waals surface area contributed by atoms with Gasteiger partial charge in [-0.1, -0.05) is 0 Å². The number of carbonyl (C=O) groups is 1. The molecule has 1 fully saturated rings. The van der Waals surface area contributed by atoms with Crippen molar-refractivity contribution in [3.05, 3.63) is 16.5 Å². The van der Waals surface area contributed by atoms with Crippen molar-refractivity contribution in [1.82, 2.24) is 4.31 Å². The van der Waals surface area contributed by atoms with Gasteiger partial charge < -0.3 is 9.52 Å². The summed E-state index contributed by atoms with van der Waals surface area (Å²) in [7, 11) is -7.26. The average molecular weight is 402 g/mol. The van der Waals surface area contributed by atoms with Crippen LogP contribution >= 0.6 is 15.9 Å². The number of halogens is 1. The Balaban J connectivity index is 2.36. The van der Waals surface area contributed by atoms with Crippen molar-refractivity contribution >= 4 is 41.8 Å². The Labute approximate surface area is 129 Å². The Morgan fingerprint density at radius 1 is 1.33 bits per heavy atom. The smallest absolute Gasteiger partial charge is 0.371 e. The van der Waals surface area contributed by atoms with Crippen molar-refractivity contribution in [3.63, 3.8) is 0 Å². The summed E-state index contributed by atoms with van der Waals surface area (Å²) >= 11 is 2.88. The zero-order valence-corrected chi connectivity index (χ0v) is 13.9. The van der Waals surface area contributed by atoms with Crippen molar-refractivity contribution in [2.75, 3.05) is 24.6 Å². The standard InChI is InChI=1S/C10H12BrNO7S2/c11-9-8(6-7(19-9)10(13)14)21(17,18)12-2-1-4-20(15,16)5-3-12/h6H,1-5H2,(H,13,14). The van der Waals surface area contributed by atoms with Crippen LogP contribution in [0.5, 0.6) is 0 Å². The zero-order valence-electron chi connectivity index (χ0n) is 10.7. The van der Waals surface area contributed by atoms with E-state index >= 15 is 0 Å². The van der Waals surface area contributed by atoms with Crippen LogP contribution in [0.4, 0.5) is 0 Å². The summed E-state index contributed by atoms with van der Waals surface area (Å²) in [4.78, 5) is 10.5. The number of hydrogen-bond donors (Lipinski definition) is 1. The topological polar surface area (TPSA) is 122 Å². The first-order valence-corrected chi connectivity index (χ1v) is 9.92. The van der Waals surface area contributed by atoms with E-state index in [1.54, 1.807) is 0 Å². The zero-order chi connectivity index (χ0) is 15.8. The Morgan fingerprint density at radius 2 is 2.00 bits per heavy atom. The Bertz CT molecular complexity index is 765. The summed E-state index contributed by atoms with van der Waals surface area (Å²) in [5, 5.41) is 8.81. The summed E-state index contributed by atoms with van der Waals surface area (Å²) in [6.07, 6.45) is 0.197. The molecule has 0 aromatic carbocycles. The minimum atomic E-state index is -4.01. The molecule has 2 rings (SSSR count). The Morgan fingerprint density at radius 3 is 2.57 bits per heavy atom. The number of rotatable bonds is 3. The summed E-state index contributed by atoms with van der Waals surface area (Å²) in [5.74, 6) is -2.22. The van der Waals surface area contributed by atoms with Crippen LogP contribution < -0.4 is 0 Å². The quantitative estimate of drug-likeness (QED) is 0.784. The molecule has 0 unspecified atom stereocenters. The third-order valence-corrected chi connectivity index (χ3v) is 7.47. The number of sulfone groups is 1. The van der Waals surface area contributed by atoms with E-state index in [0.717, 1.165) is 10.4 Å². The van der Waals surface area contributed by atoms with Crippen LogP contribution in [-0.4, -0.2) is 56.8 Å². The van der Waals surface area contributed by atoms with Gasteiger partial charge in [0.2, 0.25) is 15.8 Å². The first kappa shape index (κ1) is 16.5. The fourth-order valence-electron chi connectivity index (χ4n) is 1.93. The molecule has 0 atom stereocenters. The van der Waals surface area contributed by atoms with Gasteiger partial charge in [-0.05, 0) is 22.4 Å². The number of carboxylic acid groups (broad SMARTS) is 1. The fourth-order valence-corrected chi connectivity index (χ4v) is 5.70. The van der Waals surface area contributed by atoms with E-state index < -0.39 is 31.6 Å². The molecule has 1 N–H and O–H groups in total. The SMILES string of the molecule is O=C(O)c1cc(S(=O)(=O)N2CCCS(=O)(=O)CC2)c(Br)o1. The van der Waals surface area contributed by atoms with Gasteiger partial charge in [-0.15, -0.1) is 0 Å². The number of carboxylic acids is 1. The molecular weight excluding hydrogens is 390 g/mol. The van der Waals surface area contributed by atoms with Crippen molar-refractivity contribution in [2.45, 2.75) is 11.3 Å². The molecule has 1 aromatic heterocycles. The van der Waals surface area contributed by atoms with Gasteiger partial charge in [-0.3, -0.25) is 0 Å².